The third-order valence-electron chi connectivity index (χ3n) is 2.18. The molecule has 0 aromatic heterocycles. The smallest absolute Gasteiger partial charge is 0.115 e. The highest BCUT2D eigenvalue weighted by atomic mass is 16.3. The van der Waals surface area contributed by atoms with Gasteiger partial charge in [-0.05, 0) is 24.3 Å². The summed E-state index contributed by atoms with van der Waals surface area (Å²) in [6.07, 6.45) is 3.75. The molecule has 0 spiro atoms. The molecule has 0 unspecified atom stereocenters. The van der Waals surface area contributed by atoms with Crippen molar-refractivity contribution in [2.45, 2.75) is 88.5 Å². The molecule has 0 fully saturated rings. The maximum atomic E-state index is 8.63. The number of phenols is 2. The van der Waals surface area contributed by atoms with Crippen molar-refractivity contribution in [3.63, 3.8) is 0 Å². The van der Waals surface area contributed by atoms with Gasteiger partial charge in [0.05, 0.1) is 0 Å². The fourth-order valence-corrected chi connectivity index (χ4v) is 1.24. The van der Waals surface area contributed by atoms with E-state index < -0.39 is 0 Å². The molecule has 0 aliphatic heterocycles. The molecule has 33 heavy (non-hydrogen) atoms. The number of hydrogen-bond acceptors (Lipinski definition) is 2. The molecule has 2 nitrogen and oxygen atoms in total. The lowest BCUT2D eigenvalue weighted by Crippen LogP contribution is -1.56. The molecular weight excluding hydrogens is 404 g/mol. The van der Waals surface area contributed by atoms with Gasteiger partial charge >= 0.3 is 0 Å². The molecule has 0 aliphatic rings. The molecule has 190 valence electrons. The molecule has 2 heteroatoms. The normalized spacial score (nSPS) is 7.09. The van der Waals surface area contributed by atoms with E-state index in [1.165, 1.54) is 19.3 Å². The standard InChI is InChI=1S/2C6H6O.C6H6.3C3H8.2C2H6/c2*7-6-4-2-1-3-5-6;1-2-4-6-5-3-1;3*1-3-2;2*1-2/h2*1-5,7H;1-6H;3*3H2,1-2H3;2*1-2H3. The summed E-state index contributed by atoms with van der Waals surface area (Å²) in [5.74, 6) is 0.644. The van der Waals surface area contributed by atoms with Crippen LogP contribution in [0.2, 0.25) is 0 Å². The molecule has 0 aliphatic carbocycles. The Hall–Kier alpha value is -2.74. The first-order chi connectivity index (χ1) is 16.0. The minimum Gasteiger partial charge on any atom is -0.508 e. The second-order valence-corrected chi connectivity index (χ2v) is 5.95. The summed E-state index contributed by atoms with van der Waals surface area (Å²) >= 11 is 0. The van der Waals surface area contributed by atoms with Crippen molar-refractivity contribution in [1.82, 2.24) is 0 Å². The largest absolute Gasteiger partial charge is 0.508 e. The topological polar surface area (TPSA) is 40.5 Å². The van der Waals surface area contributed by atoms with E-state index >= 15 is 0 Å². The number of rotatable bonds is 0. The van der Waals surface area contributed by atoms with E-state index in [-0.39, 0.29) is 0 Å². The third kappa shape index (κ3) is 58.6. The Bertz CT molecular complexity index is 512. The van der Waals surface area contributed by atoms with Crippen molar-refractivity contribution >= 4 is 0 Å². The van der Waals surface area contributed by atoms with Gasteiger partial charge in [0.15, 0.2) is 0 Å². The van der Waals surface area contributed by atoms with Crippen LogP contribution in [0.5, 0.6) is 11.5 Å². The van der Waals surface area contributed by atoms with Crippen LogP contribution in [0.15, 0.2) is 97.1 Å². The van der Waals surface area contributed by atoms with E-state index in [0.29, 0.717) is 11.5 Å². The highest BCUT2D eigenvalue weighted by Gasteiger charge is 1.75. The van der Waals surface area contributed by atoms with Crippen LogP contribution >= 0.6 is 0 Å². The second-order valence-electron chi connectivity index (χ2n) is 5.95. The molecule has 3 aromatic carbocycles. The summed E-state index contributed by atoms with van der Waals surface area (Å²) in [4.78, 5) is 0. The zero-order chi connectivity index (χ0) is 26.6. The van der Waals surface area contributed by atoms with Gasteiger partial charge in [-0.3, -0.25) is 0 Å². The number of phenolic OH excluding ortho intramolecular Hbond substituents is 2. The number of benzene rings is 3. The average molecular weight is 459 g/mol. The van der Waals surface area contributed by atoms with Gasteiger partial charge in [-0.15, -0.1) is 0 Å². The van der Waals surface area contributed by atoms with E-state index in [4.69, 9.17) is 10.2 Å². The first-order valence-electron chi connectivity index (χ1n) is 12.5. The molecular formula is C31H54O2. The van der Waals surface area contributed by atoms with Gasteiger partial charge in [0.1, 0.15) is 11.5 Å². The van der Waals surface area contributed by atoms with Crippen LogP contribution in [0.25, 0.3) is 0 Å². The Morgan fingerprint density at radius 1 is 0.364 bits per heavy atom. The Morgan fingerprint density at radius 3 is 0.576 bits per heavy atom. The minimum atomic E-state index is 0.322. The number of hydrogen-bond donors (Lipinski definition) is 2. The van der Waals surface area contributed by atoms with Gasteiger partial charge in [-0.2, -0.15) is 0 Å². The van der Waals surface area contributed by atoms with Crippen LogP contribution in [0.4, 0.5) is 0 Å². The van der Waals surface area contributed by atoms with Crippen molar-refractivity contribution in [3.8, 4) is 11.5 Å². The van der Waals surface area contributed by atoms with E-state index in [1.807, 2.05) is 76.2 Å². The van der Waals surface area contributed by atoms with Crippen molar-refractivity contribution in [1.29, 1.82) is 0 Å². The average Bonchev–Trinajstić information content (AvgIpc) is 2.86. The van der Waals surface area contributed by atoms with E-state index in [1.54, 1.807) is 48.5 Å². The summed E-state index contributed by atoms with van der Waals surface area (Å²) in [6, 6.07) is 29.4. The SMILES string of the molecule is CC.CC.CCC.CCC.CCC.Oc1ccccc1.Oc1ccccc1.c1ccccc1. The highest BCUT2D eigenvalue weighted by Crippen LogP contribution is 2.03. The van der Waals surface area contributed by atoms with Crippen molar-refractivity contribution in [2.75, 3.05) is 0 Å². The Balaban J connectivity index is -0.0000000957. The molecule has 2 N–H and O–H groups in total. The summed E-state index contributed by atoms with van der Waals surface area (Å²) in [7, 11) is 0. The van der Waals surface area contributed by atoms with Crippen LogP contribution in [0.1, 0.15) is 88.5 Å². The summed E-state index contributed by atoms with van der Waals surface area (Å²) in [6.45, 7) is 20.8. The number of para-hydroxylation sites is 2. The molecule has 0 saturated carbocycles. The first-order valence-corrected chi connectivity index (χ1v) is 12.5. The van der Waals surface area contributed by atoms with Gasteiger partial charge < -0.3 is 10.2 Å². The monoisotopic (exact) mass is 458 g/mol. The fraction of sp³-hybridized carbons (Fsp3) is 0.419. The maximum Gasteiger partial charge on any atom is 0.115 e. The minimum absolute atomic E-state index is 0.322. The van der Waals surface area contributed by atoms with Crippen LogP contribution in [-0.2, 0) is 0 Å². The zero-order valence-corrected chi connectivity index (χ0v) is 23.3. The molecule has 0 heterocycles. The van der Waals surface area contributed by atoms with E-state index in [0.717, 1.165) is 0 Å². The lowest BCUT2D eigenvalue weighted by Gasteiger charge is -1.82. The number of aromatic hydroxyl groups is 2. The van der Waals surface area contributed by atoms with Gasteiger partial charge in [0, 0.05) is 0 Å². The quantitative estimate of drug-likeness (QED) is 0.351. The lowest BCUT2D eigenvalue weighted by molar-refractivity contribution is 0.475. The van der Waals surface area contributed by atoms with Crippen LogP contribution < -0.4 is 0 Å². The predicted octanol–water partition coefficient (Wildman–Crippen LogP) is 10.8. The van der Waals surface area contributed by atoms with Crippen LogP contribution in [0, 0.1) is 0 Å². The molecule has 0 radical (unpaired) electrons. The van der Waals surface area contributed by atoms with Crippen molar-refractivity contribution in [2.24, 2.45) is 0 Å². The van der Waals surface area contributed by atoms with Gasteiger partial charge in [-0.25, -0.2) is 0 Å². The van der Waals surface area contributed by atoms with Crippen LogP contribution in [0.3, 0.4) is 0 Å². The maximum absolute atomic E-state index is 8.63. The van der Waals surface area contributed by atoms with Gasteiger partial charge in [-0.1, -0.05) is 161 Å². The van der Waals surface area contributed by atoms with E-state index in [9.17, 15) is 0 Å². The van der Waals surface area contributed by atoms with E-state index in [2.05, 4.69) is 41.5 Å². The fourth-order valence-electron chi connectivity index (χ4n) is 1.24. The van der Waals surface area contributed by atoms with Gasteiger partial charge in [0.2, 0.25) is 0 Å². The van der Waals surface area contributed by atoms with Crippen molar-refractivity contribution in [3.05, 3.63) is 97.1 Å². The Morgan fingerprint density at radius 2 is 0.485 bits per heavy atom. The lowest BCUT2D eigenvalue weighted by atomic mass is 10.3. The zero-order valence-electron chi connectivity index (χ0n) is 23.3. The molecule has 0 saturated heterocycles. The molecule has 0 amide bonds. The molecule has 3 rings (SSSR count). The second kappa shape index (κ2) is 47.2. The van der Waals surface area contributed by atoms with Crippen molar-refractivity contribution < 1.29 is 10.2 Å². The van der Waals surface area contributed by atoms with Crippen LogP contribution in [-0.4, -0.2) is 10.2 Å². The first kappa shape index (κ1) is 40.6. The summed E-state index contributed by atoms with van der Waals surface area (Å²) in [5, 5.41) is 17.3. The molecule has 0 bridgehead atoms. The molecule has 0 atom stereocenters. The highest BCUT2D eigenvalue weighted by molar-refractivity contribution is 5.19. The third-order valence-corrected chi connectivity index (χ3v) is 2.18. The Labute approximate surface area is 207 Å². The summed E-state index contributed by atoms with van der Waals surface area (Å²) < 4.78 is 0. The predicted molar refractivity (Wildman–Crippen MR) is 153 cm³/mol. The van der Waals surface area contributed by atoms with Gasteiger partial charge in [0.25, 0.3) is 0 Å². The summed E-state index contributed by atoms with van der Waals surface area (Å²) in [5.41, 5.74) is 0. The molecule has 3 aromatic rings. The Kier molecular flexibility index (Phi) is 58.0.